The first-order valence-electron chi connectivity index (χ1n) is 3.27. The van der Waals surface area contributed by atoms with Crippen molar-refractivity contribution >= 4 is 23.1 Å². The molecule has 13 heavy (non-hydrogen) atoms. The first-order chi connectivity index (χ1) is 6.15. The standard InChI is InChI=1S/C6H7ClN3O3/c1-13-9-6-4(10(11)12)2-3-5(7)8-6/h2-3,11H,1H3,(H,8,9)/q-1. The Morgan fingerprint density at radius 3 is 2.92 bits per heavy atom. The van der Waals surface area contributed by atoms with Crippen LogP contribution in [-0.4, -0.2) is 17.3 Å². The molecule has 0 atom stereocenters. The normalized spacial score (nSPS) is 9.85. The van der Waals surface area contributed by atoms with E-state index in [1.165, 1.54) is 19.2 Å². The lowest BCUT2D eigenvalue weighted by Crippen LogP contribution is -2.11. The summed E-state index contributed by atoms with van der Waals surface area (Å²) >= 11 is 5.55. The number of anilines is 2. The highest BCUT2D eigenvalue weighted by atomic mass is 35.5. The molecule has 72 valence electrons. The van der Waals surface area contributed by atoms with Gasteiger partial charge in [0.15, 0.2) is 5.82 Å². The molecule has 0 aliphatic heterocycles. The molecule has 0 unspecified atom stereocenters. The minimum Gasteiger partial charge on any atom is -0.733 e. The van der Waals surface area contributed by atoms with Gasteiger partial charge in [0.1, 0.15) is 5.15 Å². The Morgan fingerprint density at radius 2 is 2.38 bits per heavy atom. The highest BCUT2D eigenvalue weighted by Crippen LogP contribution is 2.23. The fraction of sp³-hybridized carbons (Fsp3) is 0.167. The number of hydrogen-bond acceptors (Lipinski definition) is 6. The lowest BCUT2D eigenvalue weighted by molar-refractivity contribution is 0.265. The Bertz CT molecular complexity index is 294. The Morgan fingerprint density at radius 1 is 1.69 bits per heavy atom. The van der Waals surface area contributed by atoms with E-state index in [2.05, 4.69) is 15.3 Å². The van der Waals surface area contributed by atoms with Gasteiger partial charge in [-0.3, -0.25) is 10.0 Å². The zero-order valence-corrected chi connectivity index (χ0v) is 7.45. The smallest absolute Gasteiger partial charge is 0.176 e. The Hall–Kier alpha value is -1.08. The maximum atomic E-state index is 10.5. The number of pyridine rings is 1. The van der Waals surface area contributed by atoms with Gasteiger partial charge in [-0.15, -0.1) is 0 Å². The number of hydrogen-bond donors (Lipinski definition) is 2. The van der Waals surface area contributed by atoms with Crippen LogP contribution in [0, 0.1) is 5.21 Å². The molecule has 0 aliphatic carbocycles. The summed E-state index contributed by atoms with van der Waals surface area (Å²) in [6.07, 6.45) is 0. The predicted octanol–water partition coefficient (Wildman–Crippen LogP) is 1.40. The first kappa shape index (κ1) is 10.0. The summed E-state index contributed by atoms with van der Waals surface area (Å²) in [6.45, 7) is 0. The van der Waals surface area contributed by atoms with E-state index in [1.54, 1.807) is 0 Å². The lowest BCUT2D eigenvalue weighted by Gasteiger charge is -2.23. The quantitative estimate of drug-likeness (QED) is 0.572. The van der Waals surface area contributed by atoms with E-state index in [9.17, 15) is 5.21 Å². The third kappa shape index (κ3) is 2.43. The van der Waals surface area contributed by atoms with Gasteiger partial charge < -0.3 is 10.4 Å². The van der Waals surface area contributed by atoms with Gasteiger partial charge in [0.2, 0.25) is 0 Å². The average molecular weight is 205 g/mol. The summed E-state index contributed by atoms with van der Waals surface area (Å²) in [5.74, 6) is 0.0486. The monoisotopic (exact) mass is 204 g/mol. The van der Waals surface area contributed by atoms with Crippen LogP contribution in [0.5, 0.6) is 0 Å². The molecule has 1 heterocycles. The van der Waals surface area contributed by atoms with Crippen LogP contribution in [0.3, 0.4) is 0 Å². The van der Waals surface area contributed by atoms with Crippen molar-refractivity contribution in [2.75, 3.05) is 17.8 Å². The predicted molar refractivity (Wildman–Crippen MR) is 47.5 cm³/mol. The van der Waals surface area contributed by atoms with E-state index in [1.807, 2.05) is 0 Å². The van der Waals surface area contributed by atoms with Gasteiger partial charge in [0.25, 0.3) is 0 Å². The molecule has 1 aromatic rings. The SMILES string of the molecule is CONc1nc(Cl)ccc1N([O-])O. The molecule has 0 amide bonds. The van der Waals surface area contributed by atoms with Gasteiger partial charge >= 0.3 is 0 Å². The topological polar surface area (TPSA) is 80.7 Å². The van der Waals surface area contributed by atoms with E-state index in [4.69, 9.17) is 16.8 Å². The maximum Gasteiger partial charge on any atom is 0.176 e. The van der Waals surface area contributed by atoms with Crippen LogP contribution < -0.4 is 10.7 Å². The summed E-state index contributed by atoms with van der Waals surface area (Å²) in [5.41, 5.74) is 2.22. The first-order valence-corrected chi connectivity index (χ1v) is 3.64. The van der Waals surface area contributed by atoms with Gasteiger partial charge in [0.05, 0.1) is 12.8 Å². The molecule has 0 bridgehead atoms. The second-order valence-electron chi connectivity index (χ2n) is 2.08. The van der Waals surface area contributed by atoms with E-state index in [0.29, 0.717) is 0 Å². The molecular weight excluding hydrogens is 198 g/mol. The minimum absolute atomic E-state index is 0.0486. The van der Waals surface area contributed by atoms with Crippen molar-refractivity contribution in [3.63, 3.8) is 0 Å². The van der Waals surface area contributed by atoms with Gasteiger partial charge in [-0.25, -0.2) is 10.5 Å². The van der Waals surface area contributed by atoms with Crippen molar-refractivity contribution in [3.8, 4) is 0 Å². The number of rotatable bonds is 3. The van der Waals surface area contributed by atoms with Crippen molar-refractivity contribution in [3.05, 3.63) is 22.5 Å². The van der Waals surface area contributed by atoms with E-state index in [0.717, 1.165) is 0 Å². The summed E-state index contributed by atoms with van der Waals surface area (Å²) in [7, 11) is 1.35. The highest BCUT2D eigenvalue weighted by molar-refractivity contribution is 6.29. The lowest BCUT2D eigenvalue weighted by atomic mass is 10.4. The Balaban J connectivity index is 3.03. The molecule has 0 aliphatic rings. The maximum absolute atomic E-state index is 10.5. The molecule has 0 fully saturated rings. The summed E-state index contributed by atoms with van der Waals surface area (Å²) in [4.78, 5) is 8.24. The summed E-state index contributed by atoms with van der Waals surface area (Å²) in [5, 5.41) is 19.0. The second-order valence-corrected chi connectivity index (χ2v) is 2.47. The Labute approximate surface area is 79.2 Å². The molecule has 1 rings (SSSR count). The molecular formula is C6H7ClN3O3-. The van der Waals surface area contributed by atoms with E-state index < -0.39 is 0 Å². The molecule has 0 saturated carbocycles. The van der Waals surface area contributed by atoms with Crippen LogP contribution in [0.4, 0.5) is 11.5 Å². The van der Waals surface area contributed by atoms with Crippen LogP contribution in [-0.2, 0) is 4.84 Å². The fourth-order valence-electron chi connectivity index (χ4n) is 0.754. The summed E-state index contributed by atoms with van der Waals surface area (Å²) < 4.78 is 0. The number of halogens is 1. The van der Waals surface area contributed by atoms with Crippen molar-refractivity contribution in [1.82, 2.24) is 4.98 Å². The number of nitrogens with one attached hydrogen (secondary N) is 1. The zero-order valence-electron chi connectivity index (χ0n) is 6.69. The van der Waals surface area contributed by atoms with Gasteiger partial charge in [-0.2, -0.15) is 0 Å². The highest BCUT2D eigenvalue weighted by Gasteiger charge is 2.04. The van der Waals surface area contributed by atoms with Gasteiger partial charge in [0, 0.05) is 0 Å². The third-order valence-electron chi connectivity index (χ3n) is 1.24. The molecule has 1 aromatic heterocycles. The van der Waals surface area contributed by atoms with E-state index >= 15 is 0 Å². The van der Waals surface area contributed by atoms with Crippen LogP contribution in [0.1, 0.15) is 0 Å². The minimum atomic E-state index is -0.329. The van der Waals surface area contributed by atoms with Crippen LogP contribution >= 0.6 is 11.6 Å². The van der Waals surface area contributed by atoms with Gasteiger partial charge in [-0.1, -0.05) is 11.6 Å². The molecule has 0 saturated heterocycles. The van der Waals surface area contributed by atoms with Crippen molar-refractivity contribution in [2.24, 2.45) is 0 Å². The second kappa shape index (κ2) is 4.24. The molecule has 2 N–H and O–H groups in total. The van der Waals surface area contributed by atoms with E-state index in [-0.39, 0.29) is 21.9 Å². The zero-order chi connectivity index (χ0) is 9.84. The van der Waals surface area contributed by atoms with Crippen molar-refractivity contribution in [2.45, 2.75) is 0 Å². The fourth-order valence-corrected chi connectivity index (χ4v) is 0.902. The van der Waals surface area contributed by atoms with Crippen LogP contribution in [0.2, 0.25) is 5.15 Å². The van der Waals surface area contributed by atoms with Crippen molar-refractivity contribution < 1.29 is 10.0 Å². The molecule has 0 spiro atoms. The largest absolute Gasteiger partial charge is 0.733 e. The van der Waals surface area contributed by atoms with Crippen LogP contribution in [0.25, 0.3) is 0 Å². The number of nitrogens with zero attached hydrogens (tertiary/aromatic N) is 2. The third-order valence-corrected chi connectivity index (χ3v) is 1.46. The molecule has 7 heteroatoms. The van der Waals surface area contributed by atoms with Crippen LogP contribution in [0.15, 0.2) is 12.1 Å². The average Bonchev–Trinajstić information content (AvgIpc) is 2.04. The Kier molecular flexibility index (Phi) is 3.26. The number of aromatic nitrogens is 1. The molecule has 6 nitrogen and oxygen atoms in total. The summed E-state index contributed by atoms with van der Waals surface area (Å²) in [6, 6.07) is 2.68. The van der Waals surface area contributed by atoms with Gasteiger partial charge in [-0.05, 0) is 12.1 Å². The molecule has 0 radical (unpaired) electrons. The molecule has 0 aromatic carbocycles. The van der Waals surface area contributed by atoms with Crippen molar-refractivity contribution in [1.29, 1.82) is 0 Å².